The van der Waals surface area contributed by atoms with Gasteiger partial charge in [-0.3, -0.25) is 10.1 Å². The number of carboxylic acid groups (broad SMARTS) is 1. The summed E-state index contributed by atoms with van der Waals surface area (Å²) in [6.45, 7) is 6.87. The van der Waals surface area contributed by atoms with Gasteiger partial charge in [-0.25, -0.2) is 4.79 Å². The highest BCUT2D eigenvalue weighted by molar-refractivity contribution is 5.81. The zero-order chi connectivity index (χ0) is 13.3. The van der Waals surface area contributed by atoms with Gasteiger partial charge in [0.2, 0.25) is 0 Å². The van der Waals surface area contributed by atoms with Gasteiger partial charge in [0.15, 0.2) is 0 Å². The highest BCUT2D eigenvalue weighted by Gasteiger charge is 2.41. The fourth-order valence-electron chi connectivity index (χ4n) is 1.69. The number of aliphatic carboxylic acids is 1. The van der Waals surface area contributed by atoms with Crippen LogP contribution in [-0.4, -0.2) is 22.8 Å². The Morgan fingerprint density at radius 1 is 1.47 bits per heavy atom. The Morgan fingerprint density at radius 2 is 2.06 bits per heavy atom. The van der Waals surface area contributed by atoms with Gasteiger partial charge in [-0.1, -0.05) is 6.08 Å². The summed E-state index contributed by atoms with van der Waals surface area (Å²) in [6, 6.07) is 0. The molecule has 0 saturated carbocycles. The molecular weight excluding hydrogens is 222 g/mol. The highest BCUT2D eigenvalue weighted by atomic mass is 16.6. The average Bonchev–Trinajstić information content (AvgIpc) is 2.45. The molecular formula is C12H19NO4. The summed E-state index contributed by atoms with van der Waals surface area (Å²) < 4.78 is 5.09. The molecule has 1 rings (SSSR count). The smallest absolute Gasteiger partial charge is 0.411 e. The first-order valence-corrected chi connectivity index (χ1v) is 5.59. The lowest BCUT2D eigenvalue weighted by Crippen LogP contribution is -2.39. The molecule has 17 heavy (non-hydrogen) atoms. The molecule has 5 heteroatoms. The Kier molecular flexibility index (Phi) is 3.50. The number of hydrogen-bond acceptors (Lipinski definition) is 3. The van der Waals surface area contributed by atoms with Crippen LogP contribution in [0.2, 0.25) is 0 Å². The van der Waals surface area contributed by atoms with Crippen LogP contribution in [0.15, 0.2) is 11.8 Å². The van der Waals surface area contributed by atoms with Crippen LogP contribution in [0, 0.1) is 5.41 Å². The van der Waals surface area contributed by atoms with Gasteiger partial charge in [0, 0.05) is 5.70 Å². The van der Waals surface area contributed by atoms with E-state index in [2.05, 4.69) is 5.32 Å². The third kappa shape index (κ3) is 3.22. The maximum atomic E-state index is 11.6. The summed E-state index contributed by atoms with van der Waals surface area (Å²) in [6.07, 6.45) is 2.26. The zero-order valence-electron chi connectivity index (χ0n) is 10.7. The van der Waals surface area contributed by atoms with Gasteiger partial charge in [0.1, 0.15) is 11.0 Å². The predicted octanol–water partition coefficient (Wildman–Crippen LogP) is 2.28. The molecule has 0 unspecified atom stereocenters. The SMILES string of the molecule is CC(C)(C)OC(=O)NC1=CCC[C@]1(C)C(=O)O. The Morgan fingerprint density at radius 3 is 2.53 bits per heavy atom. The number of rotatable bonds is 2. The molecule has 0 aromatic carbocycles. The van der Waals surface area contributed by atoms with Crippen molar-refractivity contribution in [2.24, 2.45) is 5.41 Å². The van der Waals surface area contributed by atoms with Crippen molar-refractivity contribution in [2.45, 2.75) is 46.1 Å². The van der Waals surface area contributed by atoms with Gasteiger partial charge in [0.05, 0.1) is 0 Å². The predicted molar refractivity (Wildman–Crippen MR) is 62.4 cm³/mol. The number of carboxylic acids is 1. The fraction of sp³-hybridized carbons (Fsp3) is 0.667. The number of hydrogen-bond donors (Lipinski definition) is 2. The quantitative estimate of drug-likeness (QED) is 0.777. The average molecular weight is 241 g/mol. The van der Waals surface area contributed by atoms with Crippen molar-refractivity contribution in [3.63, 3.8) is 0 Å². The summed E-state index contributed by atoms with van der Waals surface area (Å²) in [7, 11) is 0. The van der Waals surface area contributed by atoms with E-state index in [4.69, 9.17) is 9.84 Å². The topological polar surface area (TPSA) is 75.6 Å². The summed E-state index contributed by atoms with van der Waals surface area (Å²) in [4.78, 5) is 22.7. The lowest BCUT2D eigenvalue weighted by atomic mass is 9.87. The lowest BCUT2D eigenvalue weighted by molar-refractivity contribution is -0.145. The first kappa shape index (κ1) is 13.5. The molecule has 0 aromatic heterocycles. The van der Waals surface area contributed by atoms with Crippen LogP contribution in [0.5, 0.6) is 0 Å². The molecule has 0 saturated heterocycles. The minimum Gasteiger partial charge on any atom is -0.481 e. The maximum absolute atomic E-state index is 11.6. The second-order valence-electron chi connectivity index (χ2n) is 5.42. The van der Waals surface area contributed by atoms with Crippen molar-refractivity contribution in [3.8, 4) is 0 Å². The van der Waals surface area contributed by atoms with E-state index in [-0.39, 0.29) is 0 Å². The van der Waals surface area contributed by atoms with Gasteiger partial charge in [-0.2, -0.15) is 0 Å². The second kappa shape index (κ2) is 4.39. The molecule has 0 radical (unpaired) electrons. The Bertz CT molecular complexity index is 367. The van der Waals surface area contributed by atoms with E-state index in [0.29, 0.717) is 18.5 Å². The molecule has 0 heterocycles. The number of amides is 1. The molecule has 1 aliphatic carbocycles. The molecule has 0 fully saturated rings. The second-order valence-corrected chi connectivity index (χ2v) is 5.42. The van der Waals surface area contributed by atoms with Gasteiger partial charge in [-0.15, -0.1) is 0 Å². The van der Waals surface area contributed by atoms with Crippen LogP contribution in [-0.2, 0) is 9.53 Å². The van der Waals surface area contributed by atoms with E-state index in [1.807, 2.05) is 0 Å². The van der Waals surface area contributed by atoms with Crippen molar-refractivity contribution in [1.29, 1.82) is 0 Å². The molecule has 1 atom stereocenters. The molecule has 0 bridgehead atoms. The van der Waals surface area contributed by atoms with Gasteiger partial charge in [0.25, 0.3) is 0 Å². The first-order valence-electron chi connectivity index (χ1n) is 5.59. The minimum absolute atomic E-state index is 0.416. The van der Waals surface area contributed by atoms with E-state index in [1.54, 1.807) is 33.8 Å². The van der Waals surface area contributed by atoms with Crippen molar-refractivity contribution in [3.05, 3.63) is 11.8 Å². The molecule has 0 spiro atoms. The van der Waals surface area contributed by atoms with E-state index < -0.39 is 23.1 Å². The summed E-state index contributed by atoms with van der Waals surface area (Å²) in [5.41, 5.74) is -1.20. The van der Waals surface area contributed by atoms with E-state index in [0.717, 1.165) is 0 Å². The number of alkyl carbamates (subject to hydrolysis) is 1. The molecule has 1 amide bonds. The standard InChI is InChI=1S/C12H19NO4/c1-11(2,3)17-10(16)13-8-6-5-7-12(8,4)9(14)15/h6H,5,7H2,1-4H3,(H,13,16)(H,14,15)/t12-/m0/s1. The van der Waals surface area contributed by atoms with Crippen molar-refractivity contribution < 1.29 is 19.4 Å². The van der Waals surface area contributed by atoms with E-state index >= 15 is 0 Å². The number of ether oxygens (including phenoxy) is 1. The van der Waals surface area contributed by atoms with E-state index in [1.165, 1.54) is 0 Å². The Balaban J connectivity index is 2.70. The molecule has 0 aliphatic heterocycles. The summed E-state index contributed by atoms with van der Waals surface area (Å²) in [5.74, 6) is -0.933. The number of nitrogens with one attached hydrogen (secondary N) is 1. The molecule has 2 N–H and O–H groups in total. The van der Waals surface area contributed by atoms with Crippen LogP contribution in [0.1, 0.15) is 40.5 Å². The summed E-state index contributed by atoms with van der Waals surface area (Å²) >= 11 is 0. The van der Waals surface area contributed by atoms with E-state index in [9.17, 15) is 9.59 Å². The first-order chi connectivity index (χ1) is 7.65. The van der Waals surface area contributed by atoms with Crippen molar-refractivity contribution >= 4 is 12.1 Å². The van der Waals surface area contributed by atoms with Crippen LogP contribution >= 0.6 is 0 Å². The van der Waals surface area contributed by atoms with Crippen molar-refractivity contribution in [1.82, 2.24) is 5.32 Å². The molecule has 5 nitrogen and oxygen atoms in total. The number of carbonyl (C=O) groups excluding carboxylic acids is 1. The monoisotopic (exact) mass is 241 g/mol. The van der Waals surface area contributed by atoms with Crippen LogP contribution < -0.4 is 5.32 Å². The Hall–Kier alpha value is -1.52. The fourth-order valence-corrected chi connectivity index (χ4v) is 1.69. The highest BCUT2D eigenvalue weighted by Crippen LogP contribution is 2.37. The van der Waals surface area contributed by atoms with Gasteiger partial charge in [-0.05, 0) is 40.5 Å². The third-order valence-electron chi connectivity index (χ3n) is 2.69. The van der Waals surface area contributed by atoms with Crippen LogP contribution in [0.3, 0.4) is 0 Å². The zero-order valence-corrected chi connectivity index (χ0v) is 10.7. The lowest BCUT2D eigenvalue weighted by Gasteiger charge is -2.25. The minimum atomic E-state index is -1.02. The van der Waals surface area contributed by atoms with Crippen molar-refractivity contribution in [2.75, 3.05) is 0 Å². The molecule has 96 valence electrons. The van der Waals surface area contributed by atoms with Gasteiger partial charge < -0.3 is 9.84 Å². The van der Waals surface area contributed by atoms with Gasteiger partial charge >= 0.3 is 12.1 Å². The third-order valence-corrected chi connectivity index (χ3v) is 2.69. The molecule has 1 aliphatic rings. The summed E-state index contributed by atoms with van der Waals surface area (Å²) in [5, 5.41) is 11.7. The van der Waals surface area contributed by atoms with Crippen LogP contribution in [0.4, 0.5) is 4.79 Å². The number of allylic oxidation sites excluding steroid dienone is 1. The normalized spacial score (nSPS) is 24.1. The van der Waals surface area contributed by atoms with Crippen LogP contribution in [0.25, 0.3) is 0 Å². The molecule has 0 aromatic rings. The maximum Gasteiger partial charge on any atom is 0.411 e. The Labute approximate surface area is 101 Å². The number of carbonyl (C=O) groups is 2. The largest absolute Gasteiger partial charge is 0.481 e.